The van der Waals surface area contributed by atoms with Crippen LogP contribution in [-0.2, 0) is 9.47 Å². The van der Waals surface area contributed by atoms with Crippen LogP contribution in [0.2, 0.25) is 0 Å². The molecule has 0 spiro atoms. The van der Waals surface area contributed by atoms with Crippen molar-refractivity contribution in [3.8, 4) is 18.2 Å². The molecule has 0 saturated carbocycles. The second-order valence-electron chi connectivity index (χ2n) is 6.17. The molecule has 2 aliphatic rings. The van der Waals surface area contributed by atoms with Gasteiger partial charge in [-0.05, 0) is 17.2 Å². The van der Waals surface area contributed by atoms with Gasteiger partial charge in [-0.15, -0.1) is 26.3 Å². The Bertz CT molecular complexity index is 1470. The number of nitriles is 3. The van der Waals surface area contributed by atoms with Crippen molar-refractivity contribution >= 4 is 0 Å². The molecule has 0 aromatic heterocycles. The summed E-state index contributed by atoms with van der Waals surface area (Å²) in [6.07, 6.45) is -7.93. The zero-order valence-electron chi connectivity index (χ0n) is 17.1. The lowest BCUT2D eigenvalue weighted by Gasteiger charge is -2.16. The second kappa shape index (κ2) is 10.1. The number of ether oxygens (including phenoxy) is 2. The van der Waals surface area contributed by atoms with Crippen LogP contribution in [0.3, 0.4) is 0 Å². The maximum atomic E-state index is 13.1. The highest BCUT2D eigenvalue weighted by Crippen LogP contribution is 2.45. The third-order valence-corrected chi connectivity index (χ3v) is 4.17. The van der Waals surface area contributed by atoms with Gasteiger partial charge in [0.15, 0.2) is 0 Å². The van der Waals surface area contributed by atoms with E-state index < -0.39 is 69.2 Å². The molecule has 0 aromatic rings. The van der Waals surface area contributed by atoms with Crippen LogP contribution >= 0.6 is 0 Å². The van der Waals surface area contributed by atoms with Gasteiger partial charge in [-0.1, -0.05) is 18.2 Å². The Labute approximate surface area is 198 Å². The summed E-state index contributed by atoms with van der Waals surface area (Å²) < 4.78 is 86.4. The smallest absolute Gasteiger partial charge is 0.418 e. The minimum Gasteiger partial charge on any atom is -0.418 e. The van der Waals surface area contributed by atoms with Crippen molar-refractivity contribution in [3.63, 3.8) is 0 Å². The van der Waals surface area contributed by atoms with Gasteiger partial charge in [0.25, 0.3) is 11.4 Å². The molecule has 14 heteroatoms. The zero-order valence-corrected chi connectivity index (χ0v) is 17.1. The summed E-state index contributed by atoms with van der Waals surface area (Å²) in [6.45, 7) is 21.5. The molecule has 0 bridgehead atoms. The number of halogens is 6. The monoisotopic (exact) mass is 498 g/mol. The van der Waals surface area contributed by atoms with E-state index in [4.69, 9.17) is 19.7 Å². The van der Waals surface area contributed by atoms with E-state index in [9.17, 15) is 42.1 Å². The molecule has 0 aromatic carbocycles. The summed E-state index contributed by atoms with van der Waals surface area (Å²) in [5, 5.41) is 27.9. The number of nitrogens with zero attached hydrogens (tertiary/aromatic N) is 6. The maximum Gasteiger partial charge on any atom is 0.573 e. The average molecular weight is 498 g/mol. The van der Waals surface area contributed by atoms with E-state index in [2.05, 4.69) is 24.0 Å². The first-order valence-corrected chi connectivity index (χ1v) is 8.78. The molecular formula is C22H4F6N6O2. The second-order valence-corrected chi connectivity index (χ2v) is 6.17. The van der Waals surface area contributed by atoms with Crippen LogP contribution in [0.25, 0.3) is 14.5 Å². The summed E-state index contributed by atoms with van der Waals surface area (Å²) in [7, 11) is 0. The SMILES string of the molecule is [C-]#[N+]C1=C(OC(F)(F)F)/C(=C(/C#N)[N+]#[C-])C2=C1/C=C/C(C#N)=C(OC(F)(F)F)\C(=C(/C#N)[N+]#[C-])\C=C\2. The molecule has 0 aliphatic heterocycles. The predicted molar refractivity (Wildman–Crippen MR) is 104 cm³/mol. The molecule has 176 valence electrons. The number of allylic oxidation sites excluding steroid dienone is 8. The Hall–Kier alpha value is -5.70. The fourth-order valence-electron chi connectivity index (χ4n) is 2.94. The van der Waals surface area contributed by atoms with Crippen LogP contribution < -0.4 is 0 Å². The van der Waals surface area contributed by atoms with Gasteiger partial charge in [0.2, 0.25) is 5.70 Å². The van der Waals surface area contributed by atoms with E-state index in [1.165, 1.54) is 18.2 Å². The van der Waals surface area contributed by atoms with E-state index >= 15 is 0 Å². The molecule has 2 rings (SSSR count). The fraction of sp³-hybridized carbons (Fsp3) is 0.0909. The van der Waals surface area contributed by atoms with Crippen LogP contribution in [0.4, 0.5) is 26.3 Å². The fourth-order valence-corrected chi connectivity index (χ4v) is 2.94. The first-order valence-electron chi connectivity index (χ1n) is 8.78. The van der Waals surface area contributed by atoms with Crippen molar-refractivity contribution in [3.05, 3.63) is 115 Å². The molecule has 0 atom stereocenters. The van der Waals surface area contributed by atoms with Crippen LogP contribution in [-0.4, -0.2) is 12.7 Å². The van der Waals surface area contributed by atoms with Crippen molar-refractivity contribution in [2.45, 2.75) is 12.7 Å². The van der Waals surface area contributed by atoms with E-state index in [1.54, 1.807) is 0 Å². The highest BCUT2D eigenvalue weighted by molar-refractivity contribution is 5.75. The van der Waals surface area contributed by atoms with Crippen molar-refractivity contribution in [2.24, 2.45) is 0 Å². The minimum atomic E-state index is -5.39. The molecule has 0 radical (unpaired) electrons. The first-order chi connectivity index (χ1) is 16.8. The van der Waals surface area contributed by atoms with Gasteiger partial charge in [-0.2, -0.15) is 5.26 Å². The molecule has 8 nitrogen and oxygen atoms in total. The van der Waals surface area contributed by atoms with Crippen molar-refractivity contribution < 1.29 is 35.8 Å². The summed E-state index contributed by atoms with van der Waals surface area (Å²) in [4.78, 5) is 8.57. The largest absolute Gasteiger partial charge is 0.573 e. The average Bonchev–Trinajstić information content (AvgIpc) is 3.09. The first kappa shape index (κ1) is 26.6. The van der Waals surface area contributed by atoms with Crippen LogP contribution in [0.15, 0.2) is 80.8 Å². The molecule has 0 saturated heterocycles. The number of hydrogen-bond donors (Lipinski definition) is 0. The Balaban J connectivity index is 3.09. The van der Waals surface area contributed by atoms with Crippen LogP contribution in [0.1, 0.15) is 0 Å². The highest BCUT2D eigenvalue weighted by atomic mass is 19.4. The van der Waals surface area contributed by atoms with Gasteiger partial charge in [0.1, 0.15) is 17.6 Å². The Kier molecular flexibility index (Phi) is 7.42. The van der Waals surface area contributed by atoms with Crippen LogP contribution in [0.5, 0.6) is 0 Å². The van der Waals surface area contributed by atoms with Gasteiger partial charge < -0.3 is 9.47 Å². The molecule has 36 heavy (non-hydrogen) atoms. The lowest BCUT2D eigenvalue weighted by Crippen LogP contribution is -2.15. The molecule has 0 heterocycles. The third-order valence-electron chi connectivity index (χ3n) is 4.17. The van der Waals surface area contributed by atoms with Gasteiger partial charge in [-0.25, -0.2) is 25.1 Å². The van der Waals surface area contributed by atoms with Crippen molar-refractivity contribution in [1.29, 1.82) is 15.8 Å². The number of rotatable bonds is 2. The molecule has 2 aliphatic carbocycles. The third kappa shape index (κ3) is 5.43. The van der Waals surface area contributed by atoms with Crippen molar-refractivity contribution in [2.75, 3.05) is 0 Å². The standard InChI is InChI=1S/C22H4F6N6O2/c1-32-15(9-30)14-7-6-12-13(5-4-11(8-29)19(14)35-21(23,24)25)18(34-3)20(36-22(26,27)28)17(12)16(10-31)33-2/h4-7H/b5-4+,7-6+,15-14+,17-16-,19-11-. The van der Waals surface area contributed by atoms with Crippen molar-refractivity contribution in [1.82, 2.24) is 0 Å². The lowest BCUT2D eigenvalue weighted by molar-refractivity contribution is -0.304. The Morgan fingerprint density at radius 2 is 1.28 bits per heavy atom. The Morgan fingerprint density at radius 1 is 0.750 bits per heavy atom. The topological polar surface area (TPSA) is 103 Å². The van der Waals surface area contributed by atoms with Gasteiger partial charge in [0.05, 0.1) is 37.4 Å². The van der Waals surface area contributed by atoms with Gasteiger partial charge in [-0.3, -0.25) is 0 Å². The van der Waals surface area contributed by atoms with Crippen LogP contribution in [0, 0.1) is 53.7 Å². The summed E-state index contributed by atoms with van der Waals surface area (Å²) >= 11 is 0. The van der Waals surface area contributed by atoms with E-state index in [1.807, 2.05) is 0 Å². The van der Waals surface area contributed by atoms with E-state index in [0.29, 0.717) is 12.2 Å². The number of alkyl halides is 6. The maximum absolute atomic E-state index is 13.1. The minimum absolute atomic E-state index is 0.450. The summed E-state index contributed by atoms with van der Waals surface area (Å²) in [5.74, 6) is -2.50. The highest BCUT2D eigenvalue weighted by Gasteiger charge is 2.41. The zero-order chi connectivity index (χ0) is 27.3. The summed E-state index contributed by atoms with van der Waals surface area (Å²) in [6, 6.07) is 4.05. The van der Waals surface area contributed by atoms with Gasteiger partial charge >= 0.3 is 12.7 Å². The molecular weight excluding hydrogens is 494 g/mol. The van der Waals surface area contributed by atoms with E-state index in [-0.39, 0.29) is 0 Å². The molecule has 0 N–H and O–H groups in total. The number of hydrogen-bond acceptors (Lipinski definition) is 5. The quantitative estimate of drug-likeness (QED) is 0.272. The van der Waals surface area contributed by atoms with E-state index in [0.717, 1.165) is 12.2 Å². The predicted octanol–water partition coefficient (Wildman–Crippen LogP) is 5.80. The molecule has 0 unspecified atom stereocenters. The normalized spacial score (nSPS) is 22.0. The Morgan fingerprint density at radius 3 is 1.72 bits per heavy atom. The summed E-state index contributed by atoms with van der Waals surface area (Å²) in [5.41, 5.74) is -6.35. The lowest BCUT2D eigenvalue weighted by atomic mass is 10.0. The molecule has 0 amide bonds. The van der Waals surface area contributed by atoms with Gasteiger partial charge in [0, 0.05) is 11.1 Å². The molecule has 0 fully saturated rings.